The number of hydrogen-bond acceptors (Lipinski definition) is 4. The number of likely N-dealkylation sites (tertiary alicyclic amines) is 1. The molecule has 1 saturated heterocycles. The van der Waals surface area contributed by atoms with E-state index in [2.05, 4.69) is 54.8 Å². The van der Waals surface area contributed by atoms with Gasteiger partial charge < -0.3 is 19.5 Å². The third kappa shape index (κ3) is 7.13. The van der Waals surface area contributed by atoms with Gasteiger partial charge in [-0.05, 0) is 59.7 Å². The van der Waals surface area contributed by atoms with Gasteiger partial charge in [-0.1, -0.05) is 60.7 Å². The Morgan fingerprint density at radius 3 is 2.49 bits per heavy atom. The summed E-state index contributed by atoms with van der Waals surface area (Å²) in [6.07, 6.45) is 5.72. The van der Waals surface area contributed by atoms with Gasteiger partial charge in [0.15, 0.2) is 0 Å². The second kappa shape index (κ2) is 12.5. The molecule has 0 bridgehead atoms. The van der Waals surface area contributed by atoms with E-state index in [9.17, 15) is 9.90 Å². The first-order valence-electron chi connectivity index (χ1n) is 11.8. The maximum absolute atomic E-state index is 11.6. The zero-order chi connectivity index (χ0) is 24.5. The van der Waals surface area contributed by atoms with E-state index in [0.29, 0.717) is 26.3 Å². The van der Waals surface area contributed by atoms with Gasteiger partial charge in [0.1, 0.15) is 12.4 Å². The fourth-order valence-corrected chi connectivity index (χ4v) is 4.68. The molecule has 1 aliphatic rings. The van der Waals surface area contributed by atoms with Gasteiger partial charge in [-0.25, -0.2) is 4.79 Å². The number of benzene rings is 3. The molecule has 1 heterocycles. The molecular weight excluding hydrogens is 458 g/mol. The Morgan fingerprint density at radius 2 is 1.80 bits per heavy atom. The third-order valence-corrected chi connectivity index (χ3v) is 6.96. The summed E-state index contributed by atoms with van der Waals surface area (Å²) in [6, 6.07) is 26.5. The highest BCUT2D eigenvalue weighted by molar-refractivity contribution is 7.98. The van der Waals surface area contributed by atoms with Crippen LogP contribution in [0.5, 0.6) is 5.75 Å². The number of nitrogens with zero attached hydrogens (tertiary/aromatic N) is 1. The predicted molar refractivity (Wildman–Crippen MR) is 141 cm³/mol. The molecule has 3 aromatic carbocycles. The molecule has 6 heteroatoms. The maximum atomic E-state index is 11.6. The van der Waals surface area contributed by atoms with Gasteiger partial charge in [-0.2, -0.15) is 0 Å². The highest BCUT2D eigenvalue weighted by Gasteiger charge is 2.33. The zero-order valence-corrected chi connectivity index (χ0v) is 20.7. The van der Waals surface area contributed by atoms with Crippen molar-refractivity contribution in [2.24, 2.45) is 0 Å². The van der Waals surface area contributed by atoms with E-state index in [4.69, 9.17) is 9.47 Å². The highest BCUT2D eigenvalue weighted by Crippen LogP contribution is 2.32. The Bertz CT molecular complexity index is 1100. The van der Waals surface area contributed by atoms with Gasteiger partial charge in [0.05, 0.1) is 19.3 Å². The zero-order valence-electron chi connectivity index (χ0n) is 19.9. The van der Waals surface area contributed by atoms with Crippen molar-refractivity contribution in [3.05, 3.63) is 102 Å². The molecule has 2 atom stereocenters. The van der Waals surface area contributed by atoms with E-state index in [1.165, 1.54) is 9.80 Å². The molecular formula is C29H31NO4S. The van der Waals surface area contributed by atoms with E-state index in [1.54, 1.807) is 11.8 Å². The monoisotopic (exact) mass is 489 g/mol. The normalized spacial score (nSPS) is 18.0. The van der Waals surface area contributed by atoms with Crippen molar-refractivity contribution >= 4 is 23.9 Å². The summed E-state index contributed by atoms with van der Waals surface area (Å²) in [6.45, 7) is 1.82. The number of ether oxygens (including phenoxy) is 2. The molecule has 1 aliphatic heterocycles. The lowest BCUT2D eigenvalue weighted by Gasteiger charge is -2.37. The molecule has 3 aromatic rings. The Balaban J connectivity index is 1.37. The second-order valence-electron chi connectivity index (χ2n) is 8.51. The fraction of sp³-hybridized carbons (Fsp3) is 0.276. The largest absolute Gasteiger partial charge is 0.490 e. The molecule has 182 valence electrons. The van der Waals surface area contributed by atoms with E-state index in [-0.39, 0.29) is 12.0 Å². The van der Waals surface area contributed by atoms with Crippen molar-refractivity contribution in [2.75, 3.05) is 26.0 Å². The van der Waals surface area contributed by atoms with Crippen LogP contribution in [0.4, 0.5) is 4.79 Å². The lowest BCUT2D eigenvalue weighted by atomic mass is 9.87. The number of carbonyl (C=O) groups is 1. The van der Waals surface area contributed by atoms with E-state index in [0.717, 1.165) is 28.9 Å². The minimum absolute atomic E-state index is 0.128. The Hall–Kier alpha value is -3.22. The van der Waals surface area contributed by atoms with Crippen LogP contribution in [0, 0.1) is 0 Å². The van der Waals surface area contributed by atoms with Crippen LogP contribution in [0.25, 0.3) is 6.08 Å². The first-order chi connectivity index (χ1) is 17.1. The average molecular weight is 490 g/mol. The van der Waals surface area contributed by atoms with Crippen LogP contribution < -0.4 is 4.74 Å². The lowest BCUT2D eigenvalue weighted by Crippen LogP contribution is -2.46. The van der Waals surface area contributed by atoms with Gasteiger partial charge in [-0.15, -0.1) is 11.8 Å². The first-order valence-corrected chi connectivity index (χ1v) is 13.0. The van der Waals surface area contributed by atoms with Crippen LogP contribution in [-0.2, 0) is 11.3 Å². The second-order valence-corrected chi connectivity index (χ2v) is 9.39. The lowest BCUT2D eigenvalue weighted by molar-refractivity contribution is -0.0199. The van der Waals surface area contributed by atoms with Gasteiger partial charge in [0.25, 0.3) is 0 Å². The molecule has 5 nitrogen and oxygen atoms in total. The summed E-state index contributed by atoms with van der Waals surface area (Å²) in [5.74, 6) is 0.934. The summed E-state index contributed by atoms with van der Waals surface area (Å²) >= 11 is 1.70. The molecule has 1 N–H and O–H groups in total. The fourth-order valence-electron chi connectivity index (χ4n) is 4.27. The molecule has 4 rings (SSSR count). The van der Waals surface area contributed by atoms with Crippen molar-refractivity contribution < 1.29 is 19.4 Å². The molecule has 0 aliphatic carbocycles. The molecule has 0 spiro atoms. The minimum atomic E-state index is -0.895. The van der Waals surface area contributed by atoms with Gasteiger partial charge in [0.2, 0.25) is 0 Å². The van der Waals surface area contributed by atoms with Crippen molar-refractivity contribution in [2.45, 2.75) is 29.9 Å². The molecule has 0 saturated carbocycles. The number of hydrogen-bond donors (Lipinski definition) is 1. The van der Waals surface area contributed by atoms with E-state index < -0.39 is 6.09 Å². The van der Waals surface area contributed by atoms with Crippen molar-refractivity contribution in [1.82, 2.24) is 4.90 Å². The molecule has 1 amide bonds. The number of rotatable bonds is 9. The maximum Gasteiger partial charge on any atom is 0.407 e. The van der Waals surface area contributed by atoms with Crippen molar-refractivity contribution in [1.29, 1.82) is 0 Å². The summed E-state index contributed by atoms with van der Waals surface area (Å²) in [4.78, 5) is 14.3. The summed E-state index contributed by atoms with van der Waals surface area (Å²) in [5.41, 5.74) is 3.37. The topological polar surface area (TPSA) is 59.0 Å². The Morgan fingerprint density at radius 1 is 1.06 bits per heavy atom. The Labute approximate surface area is 211 Å². The predicted octanol–water partition coefficient (Wildman–Crippen LogP) is 6.55. The molecule has 2 unspecified atom stereocenters. The van der Waals surface area contributed by atoms with Crippen LogP contribution >= 0.6 is 11.8 Å². The van der Waals surface area contributed by atoms with Crippen LogP contribution in [-0.4, -0.2) is 48.2 Å². The summed E-state index contributed by atoms with van der Waals surface area (Å²) in [5, 5.41) is 9.51. The highest BCUT2D eigenvalue weighted by atomic mass is 32.2. The number of piperidine rings is 1. The molecule has 1 fully saturated rings. The van der Waals surface area contributed by atoms with Crippen molar-refractivity contribution in [3.8, 4) is 5.75 Å². The molecule has 35 heavy (non-hydrogen) atoms. The molecule has 0 aromatic heterocycles. The van der Waals surface area contributed by atoms with E-state index >= 15 is 0 Å². The minimum Gasteiger partial charge on any atom is -0.490 e. The number of thioether (sulfide) groups is 1. The SMILES string of the molecule is CSc1ccc(COC2CN(C(=O)O)CCC2c2ccc(OC/C=C/c3ccccc3)cc2)cc1. The number of amides is 1. The van der Waals surface area contributed by atoms with Gasteiger partial charge >= 0.3 is 6.09 Å². The quantitative estimate of drug-likeness (QED) is 0.345. The van der Waals surface area contributed by atoms with Crippen LogP contribution in [0.3, 0.4) is 0 Å². The number of carboxylic acid groups (broad SMARTS) is 1. The van der Waals surface area contributed by atoms with Crippen molar-refractivity contribution in [3.63, 3.8) is 0 Å². The van der Waals surface area contributed by atoms with E-state index in [1.807, 2.05) is 42.5 Å². The smallest absolute Gasteiger partial charge is 0.407 e. The average Bonchev–Trinajstić information content (AvgIpc) is 2.91. The Kier molecular flexibility index (Phi) is 8.87. The molecule has 0 radical (unpaired) electrons. The van der Waals surface area contributed by atoms with Crippen LogP contribution in [0.2, 0.25) is 0 Å². The summed E-state index contributed by atoms with van der Waals surface area (Å²) in [7, 11) is 0. The van der Waals surface area contributed by atoms with Crippen LogP contribution in [0.15, 0.2) is 89.8 Å². The van der Waals surface area contributed by atoms with Gasteiger partial charge in [-0.3, -0.25) is 0 Å². The first kappa shape index (κ1) is 24.9. The van der Waals surface area contributed by atoms with Gasteiger partial charge in [0, 0.05) is 17.4 Å². The summed E-state index contributed by atoms with van der Waals surface area (Å²) < 4.78 is 12.2. The third-order valence-electron chi connectivity index (χ3n) is 6.22. The van der Waals surface area contributed by atoms with Crippen LogP contribution in [0.1, 0.15) is 29.0 Å². The standard InChI is InChI=1S/C29H31NO4S/c1-35-26-15-9-23(10-16-26)21-34-28-20-30(29(31)32)18-17-27(28)24-11-13-25(14-12-24)33-19-5-8-22-6-3-2-4-7-22/h2-16,27-28H,17-21H2,1H3,(H,31,32)/b8-5+.